The van der Waals surface area contributed by atoms with Gasteiger partial charge in [0.25, 0.3) is 0 Å². The molecule has 7 heteroatoms. The maximum atomic E-state index is 12.1. The lowest BCUT2D eigenvalue weighted by Crippen LogP contribution is -2.39. The van der Waals surface area contributed by atoms with E-state index in [2.05, 4.69) is 5.32 Å². The van der Waals surface area contributed by atoms with Crippen molar-refractivity contribution in [3.63, 3.8) is 0 Å². The monoisotopic (exact) mass is 505 g/mol. The van der Waals surface area contributed by atoms with Crippen LogP contribution in [0.3, 0.4) is 0 Å². The second kappa shape index (κ2) is 13.6. The lowest BCUT2D eigenvalue weighted by atomic mass is 9.80. The lowest BCUT2D eigenvalue weighted by molar-refractivity contribution is -0.122. The molecule has 0 bridgehead atoms. The molecular weight excluding hydrogens is 470 g/mol. The molecule has 0 aliphatic rings. The lowest BCUT2D eigenvalue weighted by Gasteiger charge is -2.36. The van der Waals surface area contributed by atoms with Gasteiger partial charge in [-0.15, -0.1) is 0 Å². The minimum atomic E-state index is -1.05. The summed E-state index contributed by atoms with van der Waals surface area (Å²) in [5.74, 6) is 1.27. The van der Waals surface area contributed by atoms with Crippen molar-refractivity contribution in [1.82, 2.24) is 5.32 Å². The van der Waals surface area contributed by atoms with Crippen LogP contribution in [0.25, 0.3) is 0 Å². The molecule has 196 valence electrons. The molecule has 2 N–H and O–H groups in total. The number of hydrogen-bond acceptors (Lipinski definition) is 6. The van der Waals surface area contributed by atoms with Gasteiger partial charge in [-0.25, -0.2) is 0 Å². The molecule has 0 aromatic heterocycles. The Morgan fingerprint density at radius 3 is 1.81 bits per heavy atom. The van der Waals surface area contributed by atoms with Gasteiger partial charge in [-0.1, -0.05) is 54.6 Å². The SMILES string of the molecule is COc1ccc(C(OC[C@H](O)CNC(=O)CCCC(C)=O)(c2ccccc2)c2ccc(OC)cc2)cc1. The van der Waals surface area contributed by atoms with Gasteiger partial charge in [-0.3, -0.25) is 4.79 Å². The molecule has 3 aromatic carbocycles. The first-order chi connectivity index (χ1) is 17.9. The highest BCUT2D eigenvalue weighted by Crippen LogP contribution is 2.41. The van der Waals surface area contributed by atoms with E-state index in [0.717, 1.165) is 16.7 Å². The Bertz CT molecular complexity index is 1080. The van der Waals surface area contributed by atoms with Gasteiger partial charge in [0, 0.05) is 19.4 Å². The standard InChI is InChI=1S/C30H35NO6/c1-22(32)8-7-11-29(34)31-20-26(33)21-37-30(23-9-5-4-6-10-23,24-12-16-27(35-2)17-13-24)25-14-18-28(36-3)19-15-25/h4-6,9-10,12-19,26,33H,7-8,11,20-21H2,1-3H3,(H,31,34)/t26-/m1/s1. The van der Waals surface area contributed by atoms with E-state index in [0.29, 0.717) is 24.3 Å². The van der Waals surface area contributed by atoms with Gasteiger partial charge in [-0.2, -0.15) is 0 Å². The predicted octanol–water partition coefficient (Wildman–Crippen LogP) is 4.25. The maximum Gasteiger partial charge on any atom is 0.220 e. The molecule has 1 atom stereocenters. The number of rotatable bonds is 14. The Hall–Kier alpha value is -3.68. The summed E-state index contributed by atoms with van der Waals surface area (Å²) in [5, 5.41) is 13.5. The van der Waals surface area contributed by atoms with Gasteiger partial charge in [0.15, 0.2) is 0 Å². The number of methoxy groups -OCH3 is 2. The Kier molecular flexibility index (Phi) is 10.2. The van der Waals surface area contributed by atoms with E-state index in [9.17, 15) is 14.7 Å². The van der Waals surface area contributed by atoms with E-state index >= 15 is 0 Å². The molecule has 0 saturated heterocycles. The van der Waals surface area contributed by atoms with Gasteiger partial charge in [0.05, 0.1) is 26.9 Å². The van der Waals surface area contributed by atoms with Crippen LogP contribution in [0.5, 0.6) is 11.5 Å². The van der Waals surface area contributed by atoms with Crippen molar-refractivity contribution in [3.05, 3.63) is 95.6 Å². The van der Waals surface area contributed by atoms with Crippen LogP contribution >= 0.6 is 0 Å². The molecule has 0 aliphatic carbocycles. The number of carbonyl (C=O) groups is 2. The van der Waals surface area contributed by atoms with Gasteiger partial charge >= 0.3 is 0 Å². The fourth-order valence-corrected chi connectivity index (χ4v) is 4.17. The quantitative estimate of drug-likeness (QED) is 0.318. The van der Waals surface area contributed by atoms with Crippen LogP contribution in [-0.4, -0.2) is 50.3 Å². The van der Waals surface area contributed by atoms with Crippen LogP contribution < -0.4 is 14.8 Å². The number of Topliss-reactive ketones (excluding diaryl/α,β-unsaturated/α-hetero) is 1. The summed E-state index contributed by atoms with van der Waals surface area (Å²) in [7, 11) is 3.23. The maximum absolute atomic E-state index is 12.1. The Morgan fingerprint density at radius 2 is 1.32 bits per heavy atom. The summed E-state index contributed by atoms with van der Waals surface area (Å²) in [5.41, 5.74) is 1.54. The van der Waals surface area contributed by atoms with Gasteiger partial charge in [0.2, 0.25) is 5.91 Å². The number of hydrogen-bond donors (Lipinski definition) is 2. The molecule has 0 saturated carbocycles. The van der Waals surface area contributed by atoms with Crippen molar-refractivity contribution < 1.29 is 28.9 Å². The van der Waals surface area contributed by atoms with E-state index in [4.69, 9.17) is 14.2 Å². The molecule has 0 spiro atoms. The van der Waals surface area contributed by atoms with E-state index < -0.39 is 11.7 Å². The fourth-order valence-electron chi connectivity index (χ4n) is 4.17. The summed E-state index contributed by atoms with van der Waals surface area (Å²) >= 11 is 0. The minimum Gasteiger partial charge on any atom is -0.497 e. The first-order valence-corrected chi connectivity index (χ1v) is 12.3. The Labute approximate surface area is 218 Å². The number of aliphatic hydroxyl groups excluding tert-OH is 1. The van der Waals surface area contributed by atoms with Crippen LogP contribution in [0, 0.1) is 0 Å². The molecule has 1 amide bonds. The molecule has 0 fully saturated rings. The topological polar surface area (TPSA) is 94.1 Å². The van der Waals surface area contributed by atoms with Gasteiger partial charge < -0.3 is 29.4 Å². The van der Waals surface area contributed by atoms with Gasteiger partial charge in [-0.05, 0) is 54.3 Å². The molecule has 0 unspecified atom stereocenters. The molecule has 0 heterocycles. The molecule has 37 heavy (non-hydrogen) atoms. The van der Waals surface area contributed by atoms with E-state index in [1.54, 1.807) is 14.2 Å². The normalized spacial score (nSPS) is 12.0. The first kappa shape index (κ1) is 27.9. The molecule has 3 aromatic rings. The highest BCUT2D eigenvalue weighted by Gasteiger charge is 2.38. The largest absolute Gasteiger partial charge is 0.497 e. The van der Waals surface area contributed by atoms with E-state index in [1.165, 1.54) is 6.92 Å². The van der Waals surface area contributed by atoms with Crippen molar-refractivity contribution >= 4 is 11.7 Å². The first-order valence-electron chi connectivity index (χ1n) is 12.3. The third kappa shape index (κ3) is 7.41. The van der Waals surface area contributed by atoms with Crippen LogP contribution in [-0.2, 0) is 19.9 Å². The summed E-state index contributed by atoms with van der Waals surface area (Å²) in [6, 6.07) is 25.1. The second-order valence-corrected chi connectivity index (χ2v) is 8.83. The average molecular weight is 506 g/mol. The van der Waals surface area contributed by atoms with Crippen LogP contribution in [0.1, 0.15) is 42.9 Å². The van der Waals surface area contributed by atoms with Crippen molar-refractivity contribution in [2.45, 2.75) is 37.9 Å². The van der Waals surface area contributed by atoms with Crippen molar-refractivity contribution in [2.75, 3.05) is 27.4 Å². The van der Waals surface area contributed by atoms with Crippen LogP contribution in [0.4, 0.5) is 0 Å². The van der Waals surface area contributed by atoms with E-state index in [1.807, 2.05) is 78.9 Å². The number of nitrogens with one attached hydrogen (secondary N) is 1. The van der Waals surface area contributed by atoms with Crippen LogP contribution in [0.2, 0.25) is 0 Å². The summed E-state index contributed by atoms with van der Waals surface area (Å²) in [6.07, 6.45) is 0.137. The highest BCUT2D eigenvalue weighted by molar-refractivity contribution is 5.78. The minimum absolute atomic E-state index is 0.0367. The number of carbonyl (C=O) groups excluding carboxylic acids is 2. The van der Waals surface area contributed by atoms with Crippen molar-refractivity contribution in [1.29, 1.82) is 0 Å². The molecule has 0 aliphatic heterocycles. The zero-order valence-electron chi connectivity index (χ0n) is 21.6. The number of ether oxygens (including phenoxy) is 3. The molecule has 3 rings (SSSR count). The molecule has 7 nitrogen and oxygen atoms in total. The third-order valence-corrected chi connectivity index (χ3v) is 6.13. The Morgan fingerprint density at radius 1 is 0.811 bits per heavy atom. The number of benzene rings is 3. The smallest absolute Gasteiger partial charge is 0.220 e. The fraction of sp³-hybridized carbons (Fsp3) is 0.333. The number of ketones is 1. The number of amides is 1. The van der Waals surface area contributed by atoms with E-state index in [-0.39, 0.29) is 31.3 Å². The summed E-state index contributed by atoms with van der Waals surface area (Å²) in [6.45, 7) is 1.50. The zero-order valence-corrected chi connectivity index (χ0v) is 21.6. The third-order valence-electron chi connectivity index (χ3n) is 6.13. The summed E-state index contributed by atoms with van der Waals surface area (Å²) < 4.78 is 17.3. The second-order valence-electron chi connectivity index (χ2n) is 8.83. The van der Waals surface area contributed by atoms with Crippen molar-refractivity contribution in [2.24, 2.45) is 0 Å². The van der Waals surface area contributed by atoms with Crippen LogP contribution in [0.15, 0.2) is 78.9 Å². The van der Waals surface area contributed by atoms with Gasteiger partial charge in [0.1, 0.15) is 22.9 Å². The zero-order chi connectivity index (χ0) is 26.7. The molecular formula is C30H35NO6. The average Bonchev–Trinajstić information content (AvgIpc) is 2.93. The summed E-state index contributed by atoms with van der Waals surface area (Å²) in [4.78, 5) is 23.2. The number of aliphatic hydroxyl groups is 1. The van der Waals surface area contributed by atoms with Crippen molar-refractivity contribution in [3.8, 4) is 11.5 Å². The molecule has 0 radical (unpaired) electrons. The Balaban J connectivity index is 1.89. The highest BCUT2D eigenvalue weighted by atomic mass is 16.5. The predicted molar refractivity (Wildman–Crippen MR) is 142 cm³/mol.